The topological polar surface area (TPSA) is 87.0 Å². The first kappa shape index (κ1) is 15.3. The minimum absolute atomic E-state index is 0.0432. The molecule has 0 radical (unpaired) electrons. The summed E-state index contributed by atoms with van der Waals surface area (Å²) in [4.78, 5) is 11.4. The molecule has 0 aliphatic rings. The van der Waals surface area contributed by atoms with Crippen LogP contribution in [0.2, 0.25) is 0 Å². The monoisotopic (exact) mass is 296 g/mol. The van der Waals surface area contributed by atoms with Gasteiger partial charge in [-0.05, 0) is 24.3 Å². The molecule has 0 fully saturated rings. The van der Waals surface area contributed by atoms with Gasteiger partial charge in [-0.2, -0.15) is 5.26 Å². The predicted molar refractivity (Wildman–Crippen MR) is 74.0 cm³/mol. The Balaban J connectivity index is 2.72. The van der Waals surface area contributed by atoms with Crippen LogP contribution in [0.1, 0.15) is 5.56 Å². The lowest BCUT2D eigenvalue weighted by molar-refractivity contribution is -0.116. The number of rotatable bonds is 6. The third-order valence-electron chi connectivity index (χ3n) is 2.01. The summed E-state index contributed by atoms with van der Waals surface area (Å²) in [5, 5.41) is 8.62. The van der Waals surface area contributed by atoms with Crippen LogP contribution in [0.5, 0.6) is 0 Å². The molecule has 0 atom stereocenters. The molecule has 1 aromatic carbocycles. The van der Waals surface area contributed by atoms with E-state index in [0.29, 0.717) is 11.3 Å². The summed E-state index contributed by atoms with van der Waals surface area (Å²) in [5.41, 5.74) is 0.354. The fourth-order valence-corrected chi connectivity index (χ4v) is 2.80. The molecule has 19 heavy (non-hydrogen) atoms. The summed E-state index contributed by atoms with van der Waals surface area (Å²) in [7, 11) is -3.87. The first-order valence-electron chi connectivity index (χ1n) is 5.24. The van der Waals surface area contributed by atoms with Gasteiger partial charge in [0.1, 0.15) is 0 Å². The van der Waals surface area contributed by atoms with Crippen LogP contribution >= 0.6 is 11.8 Å². The molecule has 1 rings (SSSR count). The average molecular weight is 296 g/mol. The largest absolute Gasteiger partial charge is 0.273 e. The molecule has 0 saturated heterocycles. The predicted octanol–water partition coefficient (Wildman–Crippen LogP) is 1.28. The molecule has 1 N–H and O–H groups in total. The minimum Gasteiger partial charge on any atom is -0.273 e. The summed E-state index contributed by atoms with van der Waals surface area (Å²) in [5.74, 6) is 0.0301. The molecule has 0 aromatic heterocycles. The summed E-state index contributed by atoms with van der Waals surface area (Å²) in [6, 6.07) is 7.21. The molecule has 0 aliphatic carbocycles. The lowest BCUT2D eigenvalue weighted by Gasteiger charge is -2.06. The van der Waals surface area contributed by atoms with Crippen LogP contribution in [0.3, 0.4) is 0 Å². The zero-order valence-corrected chi connectivity index (χ0v) is 11.6. The number of sulfonamides is 1. The van der Waals surface area contributed by atoms with E-state index < -0.39 is 15.9 Å². The number of nitrogens with one attached hydrogen (secondary N) is 1. The number of nitriles is 1. The van der Waals surface area contributed by atoms with Crippen molar-refractivity contribution in [1.29, 1.82) is 5.26 Å². The highest BCUT2D eigenvalue weighted by molar-refractivity contribution is 8.00. The smallest absolute Gasteiger partial charge is 0.264 e. The first-order valence-corrected chi connectivity index (χ1v) is 7.88. The zero-order valence-electron chi connectivity index (χ0n) is 10.00. The van der Waals surface area contributed by atoms with Gasteiger partial charge in [-0.3, -0.25) is 4.79 Å². The van der Waals surface area contributed by atoms with Crippen LogP contribution in [0.15, 0.2) is 41.8 Å². The van der Waals surface area contributed by atoms with Crippen molar-refractivity contribution in [2.45, 2.75) is 4.90 Å². The number of nitrogens with zero attached hydrogens (tertiary/aromatic N) is 1. The van der Waals surface area contributed by atoms with Crippen molar-refractivity contribution >= 4 is 27.7 Å². The van der Waals surface area contributed by atoms with E-state index in [0.717, 1.165) is 0 Å². The number of amides is 1. The summed E-state index contributed by atoms with van der Waals surface area (Å²) in [6.45, 7) is 3.50. The highest BCUT2D eigenvalue weighted by atomic mass is 32.2. The van der Waals surface area contributed by atoms with Gasteiger partial charge in [0.05, 0.1) is 22.3 Å². The molecule has 7 heteroatoms. The molecule has 0 unspecified atom stereocenters. The molecule has 100 valence electrons. The van der Waals surface area contributed by atoms with Crippen molar-refractivity contribution in [3.63, 3.8) is 0 Å². The van der Waals surface area contributed by atoms with Gasteiger partial charge in [0.15, 0.2) is 0 Å². The molecule has 1 amide bonds. The highest BCUT2D eigenvalue weighted by Crippen LogP contribution is 2.10. The highest BCUT2D eigenvalue weighted by Gasteiger charge is 2.17. The maximum atomic E-state index is 11.8. The van der Waals surface area contributed by atoms with Crippen molar-refractivity contribution in [2.75, 3.05) is 11.5 Å². The minimum atomic E-state index is -3.87. The second kappa shape index (κ2) is 6.97. The van der Waals surface area contributed by atoms with Crippen molar-refractivity contribution in [3.05, 3.63) is 42.5 Å². The number of benzene rings is 1. The van der Waals surface area contributed by atoms with Gasteiger partial charge in [0.2, 0.25) is 5.91 Å². The van der Waals surface area contributed by atoms with Crippen LogP contribution in [0.25, 0.3) is 0 Å². The Morgan fingerprint density at radius 1 is 1.42 bits per heavy atom. The fraction of sp³-hybridized carbons (Fsp3) is 0.167. The normalized spacial score (nSPS) is 10.5. The van der Waals surface area contributed by atoms with Gasteiger partial charge < -0.3 is 0 Å². The van der Waals surface area contributed by atoms with Gasteiger partial charge in [0.25, 0.3) is 10.0 Å². The summed E-state index contributed by atoms with van der Waals surface area (Å²) in [6.07, 6.45) is 1.63. The van der Waals surface area contributed by atoms with E-state index in [2.05, 4.69) is 6.58 Å². The number of carbonyl (C=O) groups excluding carboxylic acids is 1. The van der Waals surface area contributed by atoms with Gasteiger partial charge >= 0.3 is 0 Å². The van der Waals surface area contributed by atoms with Crippen molar-refractivity contribution in [2.24, 2.45) is 0 Å². The van der Waals surface area contributed by atoms with Gasteiger partial charge in [-0.25, -0.2) is 13.1 Å². The molecule has 0 saturated carbocycles. The molecular weight excluding hydrogens is 284 g/mol. The Hall–Kier alpha value is -1.78. The Bertz CT molecular complexity index is 601. The zero-order chi connectivity index (χ0) is 14.3. The standard InChI is InChI=1S/C12H12N2O3S2/c1-2-7-18-9-12(15)14-19(16,17)11-5-3-10(8-13)4-6-11/h2-6H,1,7,9H2,(H,14,15). The Morgan fingerprint density at radius 2 is 2.05 bits per heavy atom. The SMILES string of the molecule is C=CCSCC(=O)NS(=O)(=O)c1ccc(C#N)cc1. The lowest BCUT2D eigenvalue weighted by atomic mass is 10.2. The molecule has 0 heterocycles. The van der Waals surface area contributed by atoms with Gasteiger partial charge in [-0.1, -0.05) is 6.08 Å². The van der Waals surface area contributed by atoms with E-state index in [1.807, 2.05) is 10.8 Å². The number of hydrogen-bond acceptors (Lipinski definition) is 5. The summed E-state index contributed by atoms with van der Waals surface area (Å²) < 4.78 is 25.6. The van der Waals surface area contributed by atoms with Crippen LogP contribution < -0.4 is 4.72 Å². The Labute approximate surface area is 116 Å². The second-order valence-electron chi connectivity index (χ2n) is 3.47. The van der Waals surface area contributed by atoms with E-state index in [1.54, 1.807) is 6.08 Å². The van der Waals surface area contributed by atoms with Crippen LogP contribution in [-0.2, 0) is 14.8 Å². The number of hydrogen-bond donors (Lipinski definition) is 1. The van der Waals surface area contributed by atoms with Crippen LogP contribution in [0.4, 0.5) is 0 Å². The van der Waals surface area contributed by atoms with E-state index in [4.69, 9.17) is 5.26 Å². The summed E-state index contributed by atoms with van der Waals surface area (Å²) >= 11 is 1.27. The van der Waals surface area contributed by atoms with E-state index in [1.165, 1.54) is 36.0 Å². The molecular formula is C12H12N2O3S2. The third-order valence-corrected chi connectivity index (χ3v) is 4.34. The Kier molecular flexibility index (Phi) is 5.60. The van der Waals surface area contributed by atoms with E-state index >= 15 is 0 Å². The lowest BCUT2D eigenvalue weighted by Crippen LogP contribution is -2.32. The quantitative estimate of drug-likeness (QED) is 0.631. The van der Waals surface area contributed by atoms with Crippen molar-refractivity contribution in [1.82, 2.24) is 4.72 Å². The van der Waals surface area contributed by atoms with E-state index in [9.17, 15) is 13.2 Å². The van der Waals surface area contributed by atoms with Crippen molar-refractivity contribution in [3.8, 4) is 6.07 Å². The van der Waals surface area contributed by atoms with Crippen LogP contribution in [0, 0.1) is 11.3 Å². The molecule has 0 aliphatic heterocycles. The maximum absolute atomic E-state index is 11.8. The van der Waals surface area contributed by atoms with E-state index in [-0.39, 0.29) is 10.6 Å². The molecule has 0 spiro atoms. The third kappa shape index (κ3) is 4.77. The van der Waals surface area contributed by atoms with Gasteiger partial charge in [-0.15, -0.1) is 18.3 Å². The molecule has 1 aromatic rings. The second-order valence-corrected chi connectivity index (χ2v) is 6.18. The number of carbonyl (C=O) groups is 1. The van der Waals surface area contributed by atoms with Crippen LogP contribution in [-0.4, -0.2) is 25.8 Å². The Morgan fingerprint density at radius 3 is 2.58 bits per heavy atom. The first-order chi connectivity index (χ1) is 8.99. The van der Waals surface area contributed by atoms with Crippen molar-refractivity contribution < 1.29 is 13.2 Å². The fourth-order valence-electron chi connectivity index (χ4n) is 1.18. The maximum Gasteiger partial charge on any atom is 0.264 e. The molecule has 5 nitrogen and oxygen atoms in total. The average Bonchev–Trinajstić information content (AvgIpc) is 2.38. The molecule has 0 bridgehead atoms. The van der Waals surface area contributed by atoms with Gasteiger partial charge in [0, 0.05) is 5.75 Å². The number of thioether (sulfide) groups is 1.